The number of anilines is 1. The van der Waals surface area contributed by atoms with Gasteiger partial charge in [0.25, 0.3) is 5.91 Å². The van der Waals surface area contributed by atoms with Crippen LogP contribution in [0.3, 0.4) is 0 Å². The first kappa shape index (κ1) is 14.2. The van der Waals surface area contributed by atoms with E-state index in [4.69, 9.17) is 29.6 Å². The number of aromatic nitrogens is 2. The molecule has 1 aromatic carbocycles. The number of rotatable bonds is 3. The summed E-state index contributed by atoms with van der Waals surface area (Å²) in [5.74, 6) is 0.0573. The summed E-state index contributed by atoms with van der Waals surface area (Å²) >= 11 is 12.8. The van der Waals surface area contributed by atoms with Crippen LogP contribution in [0.5, 0.6) is 0 Å². The van der Waals surface area contributed by atoms with Gasteiger partial charge in [0.1, 0.15) is 10.8 Å². The minimum atomic E-state index is -0.311. The van der Waals surface area contributed by atoms with Crippen molar-refractivity contribution in [3.63, 3.8) is 0 Å². The Bertz CT molecular complexity index is 658. The van der Waals surface area contributed by atoms with Crippen LogP contribution < -0.4 is 11.1 Å². The Morgan fingerprint density at radius 3 is 2.89 bits per heavy atom. The fourth-order valence-electron chi connectivity index (χ4n) is 1.42. The van der Waals surface area contributed by atoms with Crippen LogP contribution in [-0.4, -0.2) is 21.1 Å². The fourth-order valence-corrected chi connectivity index (χ4v) is 2.33. The maximum Gasteiger partial charge on any atom is 0.257 e. The zero-order valence-corrected chi connectivity index (χ0v) is 13.1. The van der Waals surface area contributed by atoms with E-state index >= 15 is 0 Å². The molecule has 0 aliphatic carbocycles. The van der Waals surface area contributed by atoms with Gasteiger partial charge in [-0.05, 0) is 40.8 Å². The van der Waals surface area contributed by atoms with Crippen molar-refractivity contribution in [1.29, 1.82) is 0 Å². The van der Waals surface area contributed by atoms with E-state index in [1.807, 2.05) is 0 Å². The molecule has 0 spiro atoms. The summed E-state index contributed by atoms with van der Waals surface area (Å²) in [4.78, 5) is 12.3. The molecule has 5 nitrogen and oxygen atoms in total. The number of nitrogens with one attached hydrogen (secondary N) is 2. The summed E-state index contributed by atoms with van der Waals surface area (Å²) in [6.07, 6.45) is 1.46. The molecular formula is C11H8ClIN4OS. The lowest BCUT2D eigenvalue weighted by Gasteiger charge is -2.07. The van der Waals surface area contributed by atoms with Gasteiger partial charge in [0.15, 0.2) is 0 Å². The molecule has 0 bridgehead atoms. The highest BCUT2D eigenvalue weighted by molar-refractivity contribution is 14.1. The molecule has 0 unspecified atom stereocenters. The number of nitrogens with two attached hydrogens (primary N) is 1. The van der Waals surface area contributed by atoms with Gasteiger partial charge in [0.2, 0.25) is 0 Å². The summed E-state index contributed by atoms with van der Waals surface area (Å²) in [5.41, 5.74) is 6.48. The van der Waals surface area contributed by atoms with Gasteiger partial charge in [-0.25, -0.2) is 0 Å². The SMILES string of the molecule is NC(=S)c1cn[nH]c1NC(=O)c1cc(Cl)ccc1I. The van der Waals surface area contributed by atoms with E-state index < -0.39 is 0 Å². The van der Waals surface area contributed by atoms with Crippen molar-refractivity contribution >= 4 is 63.1 Å². The molecule has 0 atom stereocenters. The van der Waals surface area contributed by atoms with Crippen LogP contribution in [0.15, 0.2) is 24.4 Å². The minimum absolute atomic E-state index is 0.157. The van der Waals surface area contributed by atoms with Crippen LogP contribution >= 0.6 is 46.4 Å². The van der Waals surface area contributed by atoms with Crippen molar-refractivity contribution in [2.45, 2.75) is 0 Å². The standard InChI is InChI=1S/C11H8ClIN4OS/c12-5-1-2-8(13)6(3-5)11(18)16-10-7(9(14)19)4-15-17-10/h1-4H,(H2,14,19)(H2,15,16,17,18). The molecule has 0 radical (unpaired) electrons. The number of halogens is 2. The Morgan fingerprint density at radius 1 is 1.47 bits per heavy atom. The lowest BCUT2D eigenvalue weighted by molar-refractivity contribution is 0.102. The third-order valence-electron chi connectivity index (χ3n) is 2.32. The van der Waals surface area contributed by atoms with E-state index in [0.717, 1.165) is 3.57 Å². The molecule has 0 fully saturated rings. The number of hydrogen-bond donors (Lipinski definition) is 3. The highest BCUT2D eigenvalue weighted by atomic mass is 127. The quantitative estimate of drug-likeness (QED) is 0.540. The van der Waals surface area contributed by atoms with Crippen molar-refractivity contribution in [3.05, 3.63) is 44.1 Å². The monoisotopic (exact) mass is 406 g/mol. The Hall–Kier alpha value is -1.19. The number of carbonyl (C=O) groups is 1. The average Bonchev–Trinajstić information content (AvgIpc) is 2.80. The van der Waals surface area contributed by atoms with Gasteiger partial charge >= 0.3 is 0 Å². The third-order valence-corrected chi connectivity index (χ3v) is 3.71. The van der Waals surface area contributed by atoms with Crippen molar-refractivity contribution < 1.29 is 4.79 Å². The summed E-state index contributed by atoms with van der Waals surface area (Å²) in [7, 11) is 0. The van der Waals surface area contributed by atoms with Gasteiger partial charge in [0.05, 0.1) is 17.3 Å². The van der Waals surface area contributed by atoms with E-state index in [1.165, 1.54) is 6.20 Å². The van der Waals surface area contributed by atoms with Gasteiger partial charge in [-0.15, -0.1) is 0 Å². The van der Waals surface area contributed by atoms with Crippen LogP contribution in [0, 0.1) is 3.57 Å². The topological polar surface area (TPSA) is 83.8 Å². The average molecular weight is 407 g/mol. The molecule has 1 aromatic heterocycles. The molecule has 98 valence electrons. The van der Waals surface area contributed by atoms with Crippen molar-refractivity contribution in [1.82, 2.24) is 10.2 Å². The maximum absolute atomic E-state index is 12.2. The summed E-state index contributed by atoms with van der Waals surface area (Å²) in [5, 5.41) is 9.59. The number of aromatic amines is 1. The molecule has 0 aliphatic rings. The molecular weight excluding hydrogens is 399 g/mol. The molecule has 2 rings (SSSR count). The smallest absolute Gasteiger partial charge is 0.257 e. The van der Waals surface area contributed by atoms with Crippen molar-refractivity contribution in [3.8, 4) is 0 Å². The predicted octanol–water partition coefficient (Wildman–Crippen LogP) is 2.55. The second-order valence-electron chi connectivity index (χ2n) is 3.60. The van der Waals surface area contributed by atoms with E-state index in [1.54, 1.807) is 18.2 Å². The first-order chi connectivity index (χ1) is 8.99. The predicted molar refractivity (Wildman–Crippen MR) is 86.6 cm³/mol. The Kier molecular flexibility index (Phi) is 4.38. The molecule has 0 saturated heterocycles. The number of H-pyrrole nitrogens is 1. The van der Waals surface area contributed by atoms with E-state index in [0.29, 0.717) is 22.0 Å². The number of carbonyl (C=O) groups excluding carboxylic acids is 1. The number of hydrogen-bond acceptors (Lipinski definition) is 3. The van der Waals surface area contributed by atoms with Gasteiger partial charge in [-0.2, -0.15) is 5.10 Å². The van der Waals surface area contributed by atoms with Crippen LogP contribution in [0.25, 0.3) is 0 Å². The zero-order chi connectivity index (χ0) is 14.0. The zero-order valence-electron chi connectivity index (χ0n) is 9.41. The van der Waals surface area contributed by atoms with Gasteiger partial charge in [-0.3, -0.25) is 9.89 Å². The van der Waals surface area contributed by atoms with Crippen LogP contribution in [0.1, 0.15) is 15.9 Å². The third kappa shape index (κ3) is 3.23. The second kappa shape index (κ2) is 5.85. The van der Waals surface area contributed by atoms with E-state index in [-0.39, 0.29) is 10.9 Å². The largest absolute Gasteiger partial charge is 0.389 e. The normalized spacial score (nSPS) is 10.2. The molecule has 19 heavy (non-hydrogen) atoms. The molecule has 1 amide bonds. The summed E-state index contributed by atoms with van der Waals surface area (Å²) in [6.45, 7) is 0. The molecule has 4 N–H and O–H groups in total. The summed E-state index contributed by atoms with van der Waals surface area (Å²) in [6, 6.07) is 5.07. The molecule has 0 saturated carbocycles. The second-order valence-corrected chi connectivity index (χ2v) is 5.64. The van der Waals surface area contributed by atoms with Crippen LogP contribution in [0.2, 0.25) is 5.02 Å². The Balaban J connectivity index is 2.28. The Morgan fingerprint density at radius 2 is 2.21 bits per heavy atom. The molecule has 0 aliphatic heterocycles. The first-order valence-electron chi connectivity index (χ1n) is 5.08. The van der Waals surface area contributed by atoms with Crippen molar-refractivity contribution in [2.75, 3.05) is 5.32 Å². The van der Waals surface area contributed by atoms with Gasteiger partial charge < -0.3 is 11.1 Å². The highest BCUT2D eigenvalue weighted by Gasteiger charge is 2.15. The van der Waals surface area contributed by atoms with E-state index in [2.05, 4.69) is 38.1 Å². The number of amides is 1. The van der Waals surface area contributed by atoms with Gasteiger partial charge in [0, 0.05) is 8.59 Å². The van der Waals surface area contributed by atoms with Crippen LogP contribution in [-0.2, 0) is 0 Å². The number of thiocarbonyl (C=S) groups is 1. The first-order valence-corrected chi connectivity index (χ1v) is 6.95. The minimum Gasteiger partial charge on any atom is -0.389 e. The molecule has 8 heteroatoms. The van der Waals surface area contributed by atoms with Crippen LogP contribution in [0.4, 0.5) is 5.82 Å². The van der Waals surface area contributed by atoms with Crippen molar-refractivity contribution in [2.24, 2.45) is 5.73 Å². The Labute approximate surface area is 133 Å². The summed E-state index contributed by atoms with van der Waals surface area (Å²) < 4.78 is 0.788. The maximum atomic E-state index is 12.2. The van der Waals surface area contributed by atoms with E-state index in [9.17, 15) is 4.79 Å². The lowest BCUT2D eigenvalue weighted by atomic mass is 10.2. The number of benzene rings is 1. The highest BCUT2D eigenvalue weighted by Crippen LogP contribution is 2.20. The molecule has 1 heterocycles. The molecule has 2 aromatic rings. The van der Waals surface area contributed by atoms with Gasteiger partial charge in [-0.1, -0.05) is 23.8 Å². The lowest BCUT2D eigenvalue weighted by Crippen LogP contribution is -2.17. The number of nitrogens with zero attached hydrogens (tertiary/aromatic N) is 1. The fraction of sp³-hybridized carbons (Fsp3) is 0.